The van der Waals surface area contributed by atoms with E-state index in [1.54, 1.807) is 0 Å². The van der Waals surface area contributed by atoms with Gasteiger partial charge in [0, 0.05) is 25.8 Å². The van der Waals surface area contributed by atoms with E-state index >= 15 is 0 Å². The summed E-state index contributed by atoms with van der Waals surface area (Å²) in [5, 5.41) is 2.50. The van der Waals surface area contributed by atoms with E-state index in [0.717, 1.165) is 12.8 Å². The number of hydrogen-bond donors (Lipinski definition) is 0. The third-order valence-corrected chi connectivity index (χ3v) is 4.56. The maximum absolute atomic E-state index is 3.55. The van der Waals surface area contributed by atoms with E-state index in [1.807, 2.05) is 12.2 Å². The van der Waals surface area contributed by atoms with Crippen LogP contribution in [-0.4, -0.2) is 0 Å². The Morgan fingerprint density at radius 3 is 2.21 bits per heavy atom. The summed E-state index contributed by atoms with van der Waals surface area (Å²) in [4.78, 5) is 0. The predicted octanol–water partition coefficient (Wildman–Crippen LogP) is 5.54. The summed E-state index contributed by atoms with van der Waals surface area (Å²) in [5.74, 6) is 0. The van der Waals surface area contributed by atoms with Crippen LogP contribution in [0.2, 0.25) is 0 Å². The predicted molar refractivity (Wildman–Crippen MR) is 124 cm³/mol. The van der Waals surface area contributed by atoms with Gasteiger partial charge in [0.2, 0.25) is 0 Å². The molecule has 0 spiro atoms. The van der Waals surface area contributed by atoms with Crippen LogP contribution in [-0.2, 0) is 32.3 Å². The first-order chi connectivity index (χ1) is 12.9. The van der Waals surface area contributed by atoms with Crippen LogP contribution in [0.4, 0.5) is 0 Å². The molecule has 0 saturated heterocycles. The molecule has 0 heterocycles. The average Bonchev–Trinajstić information content (AvgIpc) is 3.39. The Morgan fingerprint density at radius 1 is 0.793 bits per heavy atom. The largest absolute Gasteiger partial charge is 0.273 e. The van der Waals surface area contributed by atoms with Crippen molar-refractivity contribution in [1.82, 2.24) is 0 Å². The minimum Gasteiger partial charge on any atom is -0.273 e. The first-order valence-corrected chi connectivity index (χ1v) is 9.00. The maximum Gasteiger partial charge on any atom is 0 e. The van der Waals surface area contributed by atoms with Crippen molar-refractivity contribution < 1.29 is 25.8 Å². The van der Waals surface area contributed by atoms with E-state index < -0.39 is 0 Å². The Hall–Kier alpha value is -1.67. The topological polar surface area (TPSA) is 0 Å². The van der Waals surface area contributed by atoms with Gasteiger partial charge in [0.1, 0.15) is 0 Å². The van der Waals surface area contributed by atoms with Crippen molar-refractivity contribution >= 4 is 37.0 Å². The van der Waals surface area contributed by atoms with Gasteiger partial charge in [-0.15, -0.1) is 71.4 Å². The van der Waals surface area contributed by atoms with Crippen LogP contribution in [0.5, 0.6) is 0 Å². The normalized spacial score (nSPS) is 12.2. The fourth-order valence-electron chi connectivity index (χ4n) is 3.25. The molecule has 0 bridgehead atoms. The zero-order chi connectivity index (χ0) is 17.6. The molecule has 0 N–H and O–H groups in total. The summed E-state index contributed by atoms with van der Waals surface area (Å²) in [6.07, 6.45) is 16.8. The van der Waals surface area contributed by atoms with Gasteiger partial charge in [-0.3, -0.25) is 6.08 Å². The van der Waals surface area contributed by atoms with E-state index in [0.29, 0.717) is 0 Å². The Bertz CT molecular complexity index is 1070. The molecule has 0 aromatic heterocycles. The monoisotopic (exact) mass is 584 g/mol. The molecule has 29 heavy (non-hydrogen) atoms. The number of fused-ring (bicyclic) bond motifs is 3. The first-order valence-electron chi connectivity index (χ1n) is 9.00. The van der Waals surface area contributed by atoms with E-state index in [-0.39, 0.29) is 50.7 Å². The standard InChI is InChI=1S/C21H15.C5H5.2ClH.Hf/c1-2-7-16(8-3-1)13-14-17-10-6-12-20-19-11-5-4-9-18(19)15-21(17)20;1-2-4-5-3-1;;;/h1-12,14H,13H2;1-3H,4H2;2*1H;/q2*-1;;;. The summed E-state index contributed by atoms with van der Waals surface area (Å²) in [6, 6.07) is 25.6. The van der Waals surface area contributed by atoms with Crippen LogP contribution < -0.4 is 10.4 Å². The summed E-state index contributed by atoms with van der Waals surface area (Å²) in [5.41, 5.74) is 5.13. The zero-order valence-corrected chi connectivity index (χ0v) is 21.2. The SMILES string of the molecule is Cl.Cl.[C-]1=CC=CC1.[C-]1=c2c(cccc2=CCc2ccccc2)-c2ccccc21.[Hf]. The molecule has 0 aliphatic heterocycles. The molecule has 0 unspecified atom stereocenters. The Labute approximate surface area is 204 Å². The molecule has 5 rings (SSSR count). The van der Waals surface area contributed by atoms with Gasteiger partial charge >= 0.3 is 0 Å². The second kappa shape index (κ2) is 12.8. The van der Waals surface area contributed by atoms with E-state index in [4.69, 9.17) is 0 Å². The van der Waals surface area contributed by atoms with Crippen LogP contribution in [0.25, 0.3) is 23.3 Å². The molecule has 2 aliphatic carbocycles. The minimum absolute atomic E-state index is 0. The molecule has 3 heteroatoms. The number of rotatable bonds is 2. The summed E-state index contributed by atoms with van der Waals surface area (Å²) < 4.78 is 0. The fourth-order valence-corrected chi connectivity index (χ4v) is 3.25. The molecule has 0 radical (unpaired) electrons. The third-order valence-electron chi connectivity index (χ3n) is 4.56. The Balaban J connectivity index is 0.000000465. The molecule has 0 saturated carbocycles. The second-order valence-corrected chi connectivity index (χ2v) is 6.34. The van der Waals surface area contributed by atoms with Crippen molar-refractivity contribution in [2.45, 2.75) is 12.8 Å². The van der Waals surface area contributed by atoms with Crippen molar-refractivity contribution in [2.75, 3.05) is 0 Å². The maximum atomic E-state index is 3.55. The number of halogens is 2. The van der Waals surface area contributed by atoms with Gasteiger partial charge in [-0.05, 0) is 12.0 Å². The van der Waals surface area contributed by atoms with Crippen LogP contribution in [0, 0.1) is 6.08 Å². The van der Waals surface area contributed by atoms with E-state index in [2.05, 4.69) is 97.1 Å². The molecule has 0 nitrogen and oxygen atoms in total. The fraction of sp³-hybridized carbons (Fsp3) is 0.0769. The van der Waals surface area contributed by atoms with Gasteiger partial charge in [0.15, 0.2) is 0 Å². The van der Waals surface area contributed by atoms with Crippen LogP contribution in [0.1, 0.15) is 17.5 Å². The van der Waals surface area contributed by atoms with Gasteiger partial charge in [-0.2, -0.15) is 6.08 Å². The first kappa shape index (κ1) is 25.4. The van der Waals surface area contributed by atoms with Gasteiger partial charge in [-0.1, -0.05) is 71.9 Å². The number of allylic oxidation sites excluding steroid dienone is 4. The smallest absolute Gasteiger partial charge is 0 e. The van der Waals surface area contributed by atoms with Gasteiger partial charge < -0.3 is 0 Å². The molecular weight excluding hydrogens is 562 g/mol. The Kier molecular flexibility index (Phi) is 11.2. The van der Waals surface area contributed by atoms with E-state index in [9.17, 15) is 0 Å². The summed E-state index contributed by atoms with van der Waals surface area (Å²) >= 11 is 0. The second-order valence-electron chi connectivity index (χ2n) is 6.34. The Morgan fingerprint density at radius 2 is 1.52 bits per heavy atom. The van der Waals surface area contributed by atoms with Crippen molar-refractivity contribution in [3.8, 4) is 11.1 Å². The van der Waals surface area contributed by atoms with Crippen LogP contribution in [0.15, 0.2) is 91.0 Å². The summed E-state index contributed by atoms with van der Waals surface area (Å²) in [6.45, 7) is 0. The molecule has 3 aromatic carbocycles. The average molecular weight is 584 g/mol. The van der Waals surface area contributed by atoms with Crippen LogP contribution in [0.3, 0.4) is 0 Å². The van der Waals surface area contributed by atoms with Crippen molar-refractivity contribution in [3.63, 3.8) is 0 Å². The molecule has 146 valence electrons. The van der Waals surface area contributed by atoms with E-state index in [1.165, 1.54) is 32.7 Å². The number of benzene rings is 3. The van der Waals surface area contributed by atoms with Crippen molar-refractivity contribution in [2.24, 2.45) is 0 Å². The van der Waals surface area contributed by atoms with Crippen molar-refractivity contribution in [1.29, 1.82) is 0 Å². The molecule has 3 aromatic rings. The molecule has 0 atom stereocenters. The third kappa shape index (κ3) is 6.40. The zero-order valence-electron chi connectivity index (χ0n) is 16.0. The minimum atomic E-state index is 0. The molecule has 2 aliphatic rings. The van der Waals surface area contributed by atoms with Crippen molar-refractivity contribution in [3.05, 3.63) is 119 Å². The van der Waals surface area contributed by atoms with Gasteiger partial charge in [0.25, 0.3) is 0 Å². The summed E-state index contributed by atoms with van der Waals surface area (Å²) in [7, 11) is 0. The van der Waals surface area contributed by atoms with Crippen LogP contribution >= 0.6 is 24.8 Å². The quantitative estimate of drug-likeness (QED) is 0.215. The van der Waals surface area contributed by atoms with Gasteiger partial charge in [0.05, 0.1) is 0 Å². The van der Waals surface area contributed by atoms with Gasteiger partial charge in [-0.25, -0.2) is 12.2 Å². The molecular formula is C26H22Cl2Hf-2. The molecule has 0 fully saturated rings. The number of hydrogen-bond acceptors (Lipinski definition) is 0. The molecule has 0 amide bonds.